The fourth-order valence-electron chi connectivity index (χ4n) is 2.33. The highest BCUT2D eigenvalue weighted by Gasteiger charge is 2.15. The minimum absolute atomic E-state index is 0.0546. The molecule has 22 heavy (non-hydrogen) atoms. The molecule has 0 aliphatic rings. The molecule has 0 fully saturated rings. The molecule has 0 saturated carbocycles. The van der Waals surface area contributed by atoms with Gasteiger partial charge in [-0.3, -0.25) is 0 Å². The first-order valence-electron chi connectivity index (χ1n) is 7.38. The first kappa shape index (κ1) is 16.0. The van der Waals surface area contributed by atoms with Crippen LogP contribution in [0.1, 0.15) is 17.2 Å². The van der Waals surface area contributed by atoms with E-state index >= 15 is 0 Å². The van der Waals surface area contributed by atoms with E-state index in [-0.39, 0.29) is 12.1 Å². The van der Waals surface area contributed by atoms with Crippen molar-refractivity contribution in [1.29, 1.82) is 0 Å². The Morgan fingerprint density at radius 1 is 1.09 bits per heavy atom. The Hall–Kier alpha value is -2.33. The standard InChI is InChI=1S/C18H23N3O/c1-14-8-7-11-16(12-14)19-18(22)20-17(13-21(2)3)15-9-5-4-6-10-15/h4-12,17H,13H2,1-3H3,(H2,19,20,22)/t17-/m0/s1. The van der Waals surface area contributed by atoms with Gasteiger partial charge in [-0.1, -0.05) is 42.5 Å². The van der Waals surface area contributed by atoms with Crippen molar-refractivity contribution in [2.24, 2.45) is 0 Å². The second kappa shape index (κ2) is 7.61. The van der Waals surface area contributed by atoms with Crippen LogP contribution < -0.4 is 10.6 Å². The van der Waals surface area contributed by atoms with Gasteiger partial charge < -0.3 is 15.5 Å². The van der Waals surface area contributed by atoms with Gasteiger partial charge in [0.15, 0.2) is 0 Å². The number of amides is 2. The second-order valence-corrected chi connectivity index (χ2v) is 5.69. The van der Waals surface area contributed by atoms with Gasteiger partial charge in [-0.05, 0) is 44.3 Å². The van der Waals surface area contributed by atoms with Crippen LogP contribution in [-0.2, 0) is 0 Å². The molecular weight excluding hydrogens is 274 g/mol. The van der Waals surface area contributed by atoms with Crippen LogP contribution in [0, 0.1) is 6.92 Å². The summed E-state index contributed by atoms with van der Waals surface area (Å²) in [6, 6.07) is 17.5. The van der Waals surface area contributed by atoms with Gasteiger partial charge in [-0.15, -0.1) is 0 Å². The summed E-state index contributed by atoms with van der Waals surface area (Å²) in [5.41, 5.74) is 3.01. The fourth-order valence-corrected chi connectivity index (χ4v) is 2.33. The Labute approximate surface area is 132 Å². The zero-order valence-electron chi connectivity index (χ0n) is 13.3. The van der Waals surface area contributed by atoms with Gasteiger partial charge >= 0.3 is 6.03 Å². The van der Waals surface area contributed by atoms with Crippen LogP contribution >= 0.6 is 0 Å². The monoisotopic (exact) mass is 297 g/mol. The van der Waals surface area contributed by atoms with Gasteiger partial charge in [0.25, 0.3) is 0 Å². The summed E-state index contributed by atoms with van der Waals surface area (Å²) in [5.74, 6) is 0. The number of nitrogens with zero attached hydrogens (tertiary/aromatic N) is 1. The van der Waals surface area contributed by atoms with Gasteiger partial charge in [0.2, 0.25) is 0 Å². The molecule has 0 aliphatic carbocycles. The number of hydrogen-bond donors (Lipinski definition) is 2. The summed E-state index contributed by atoms with van der Waals surface area (Å²) in [6.45, 7) is 2.74. The normalized spacial score (nSPS) is 12.0. The Morgan fingerprint density at radius 2 is 1.82 bits per heavy atom. The van der Waals surface area contributed by atoms with Crippen LogP contribution in [0.25, 0.3) is 0 Å². The van der Waals surface area contributed by atoms with Crippen molar-refractivity contribution < 1.29 is 4.79 Å². The van der Waals surface area contributed by atoms with Gasteiger partial charge in [0.1, 0.15) is 0 Å². The number of hydrogen-bond acceptors (Lipinski definition) is 2. The van der Waals surface area contributed by atoms with E-state index in [4.69, 9.17) is 0 Å². The minimum Gasteiger partial charge on any atom is -0.330 e. The lowest BCUT2D eigenvalue weighted by Crippen LogP contribution is -2.37. The number of likely N-dealkylation sites (N-methyl/N-ethyl adjacent to an activating group) is 1. The molecule has 2 N–H and O–H groups in total. The number of nitrogens with one attached hydrogen (secondary N) is 2. The largest absolute Gasteiger partial charge is 0.330 e. The summed E-state index contributed by atoms with van der Waals surface area (Å²) in [7, 11) is 3.99. The Balaban J connectivity index is 2.05. The topological polar surface area (TPSA) is 44.4 Å². The highest BCUT2D eigenvalue weighted by atomic mass is 16.2. The average Bonchev–Trinajstić information content (AvgIpc) is 2.47. The fraction of sp³-hybridized carbons (Fsp3) is 0.278. The van der Waals surface area contributed by atoms with E-state index in [1.54, 1.807) is 0 Å². The number of rotatable bonds is 5. The van der Waals surface area contributed by atoms with E-state index in [2.05, 4.69) is 15.5 Å². The number of anilines is 1. The van der Waals surface area contributed by atoms with E-state index in [1.165, 1.54) is 0 Å². The first-order valence-corrected chi connectivity index (χ1v) is 7.38. The van der Waals surface area contributed by atoms with Crippen molar-refractivity contribution in [3.8, 4) is 0 Å². The molecule has 2 amide bonds. The Bertz CT molecular complexity index is 611. The molecule has 0 spiro atoms. The maximum absolute atomic E-state index is 12.2. The summed E-state index contributed by atoms with van der Waals surface area (Å²) in [6.07, 6.45) is 0. The van der Waals surface area contributed by atoms with E-state index in [0.29, 0.717) is 0 Å². The van der Waals surface area contributed by atoms with Crippen LogP contribution in [0.15, 0.2) is 54.6 Å². The quantitative estimate of drug-likeness (QED) is 0.888. The summed E-state index contributed by atoms with van der Waals surface area (Å²) >= 11 is 0. The lowest BCUT2D eigenvalue weighted by molar-refractivity contribution is 0.244. The molecule has 2 aromatic carbocycles. The van der Waals surface area contributed by atoms with Crippen molar-refractivity contribution in [1.82, 2.24) is 10.2 Å². The molecule has 0 radical (unpaired) electrons. The van der Waals surface area contributed by atoms with E-state index in [9.17, 15) is 4.79 Å². The zero-order chi connectivity index (χ0) is 15.9. The van der Waals surface area contributed by atoms with Gasteiger partial charge in [-0.2, -0.15) is 0 Å². The molecule has 0 unspecified atom stereocenters. The highest BCUT2D eigenvalue weighted by Crippen LogP contribution is 2.14. The third-order valence-corrected chi connectivity index (χ3v) is 3.33. The summed E-state index contributed by atoms with van der Waals surface area (Å²) < 4.78 is 0. The molecule has 2 aromatic rings. The van der Waals surface area contributed by atoms with E-state index in [1.807, 2.05) is 75.6 Å². The zero-order valence-corrected chi connectivity index (χ0v) is 13.3. The smallest absolute Gasteiger partial charge is 0.319 e. The minimum atomic E-state index is -0.193. The van der Waals surface area contributed by atoms with Gasteiger partial charge in [0.05, 0.1) is 6.04 Å². The first-order chi connectivity index (χ1) is 10.5. The number of urea groups is 1. The third kappa shape index (κ3) is 4.90. The average molecular weight is 297 g/mol. The van der Waals surface area contributed by atoms with Crippen LogP contribution in [0.3, 0.4) is 0 Å². The van der Waals surface area contributed by atoms with E-state index < -0.39 is 0 Å². The van der Waals surface area contributed by atoms with Crippen molar-refractivity contribution in [3.05, 3.63) is 65.7 Å². The highest BCUT2D eigenvalue weighted by molar-refractivity contribution is 5.89. The molecule has 0 aliphatic heterocycles. The molecule has 116 valence electrons. The molecule has 1 atom stereocenters. The summed E-state index contributed by atoms with van der Waals surface area (Å²) in [5, 5.41) is 5.93. The number of carbonyl (C=O) groups is 1. The van der Waals surface area contributed by atoms with Crippen molar-refractivity contribution >= 4 is 11.7 Å². The van der Waals surface area contributed by atoms with Gasteiger partial charge in [-0.25, -0.2) is 4.79 Å². The SMILES string of the molecule is Cc1cccc(NC(=O)N[C@@H](CN(C)C)c2ccccc2)c1. The predicted molar refractivity (Wildman–Crippen MR) is 91.1 cm³/mol. The second-order valence-electron chi connectivity index (χ2n) is 5.69. The molecule has 2 rings (SSSR count). The van der Waals surface area contributed by atoms with Crippen LogP contribution in [0.4, 0.5) is 10.5 Å². The number of aryl methyl sites for hydroxylation is 1. The predicted octanol–water partition coefficient (Wildman–Crippen LogP) is 3.42. The molecule has 0 heterocycles. The van der Waals surface area contributed by atoms with Crippen molar-refractivity contribution in [2.45, 2.75) is 13.0 Å². The molecule has 4 heteroatoms. The maximum atomic E-state index is 12.2. The van der Waals surface area contributed by atoms with Crippen LogP contribution in [0.5, 0.6) is 0 Å². The molecule has 4 nitrogen and oxygen atoms in total. The van der Waals surface area contributed by atoms with E-state index in [0.717, 1.165) is 23.4 Å². The summed E-state index contributed by atoms with van der Waals surface area (Å²) in [4.78, 5) is 14.3. The Morgan fingerprint density at radius 3 is 2.45 bits per heavy atom. The lowest BCUT2D eigenvalue weighted by atomic mass is 10.1. The van der Waals surface area contributed by atoms with Crippen molar-refractivity contribution in [3.63, 3.8) is 0 Å². The van der Waals surface area contributed by atoms with Crippen LogP contribution in [0.2, 0.25) is 0 Å². The molecule has 0 bridgehead atoms. The maximum Gasteiger partial charge on any atom is 0.319 e. The molecule has 0 saturated heterocycles. The number of benzene rings is 2. The third-order valence-electron chi connectivity index (χ3n) is 3.33. The van der Waals surface area contributed by atoms with Crippen LogP contribution in [-0.4, -0.2) is 31.6 Å². The van der Waals surface area contributed by atoms with Gasteiger partial charge in [0, 0.05) is 12.2 Å². The number of carbonyl (C=O) groups excluding carboxylic acids is 1. The molecule has 0 aromatic heterocycles. The molecular formula is C18H23N3O. The Kier molecular flexibility index (Phi) is 5.55. The lowest BCUT2D eigenvalue weighted by Gasteiger charge is -2.23. The van der Waals surface area contributed by atoms with Crippen molar-refractivity contribution in [2.75, 3.05) is 26.0 Å².